The fourth-order valence-corrected chi connectivity index (χ4v) is 6.28. The Labute approximate surface area is 246 Å². The van der Waals surface area contributed by atoms with Crippen molar-refractivity contribution >= 4 is 23.0 Å². The number of esters is 1. The molecule has 2 heterocycles. The second-order valence-corrected chi connectivity index (χ2v) is 11.0. The van der Waals surface area contributed by atoms with Gasteiger partial charge in [-0.1, -0.05) is 79.2 Å². The van der Waals surface area contributed by atoms with Gasteiger partial charge in [-0.2, -0.15) is 0 Å². The van der Waals surface area contributed by atoms with Gasteiger partial charge < -0.3 is 20.1 Å². The lowest BCUT2D eigenvalue weighted by atomic mass is 9.76. The highest BCUT2D eigenvalue weighted by atomic mass is 16.6. The lowest BCUT2D eigenvalue weighted by Crippen LogP contribution is -2.34. The van der Waals surface area contributed by atoms with Crippen LogP contribution in [0.3, 0.4) is 0 Å². The van der Waals surface area contributed by atoms with E-state index in [2.05, 4.69) is 67.8 Å². The minimum Gasteiger partial charge on any atom is -0.456 e. The fraction of sp³-hybridized carbons (Fsp3) is 0.162. The van der Waals surface area contributed by atoms with Crippen molar-refractivity contribution in [3.8, 4) is 11.5 Å². The molecular weight excluding hydrogens is 520 g/mol. The lowest BCUT2D eigenvalue weighted by molar-refractivity contribution is 0.0227. The van der Waals surface area contributed by atoms with Crippen LogP contribution in [0, 0.1) is 6.92 Å². The Kier molecular flexibility index (Phi) is 6.23. The van der Waals surface area contributed by atoms with Crippen molar-refractivity contribution in [1.82, 2.24) is 0 Å². The van der Waals surface area contributed by atoms with Gasteiger partial charge in [-0.3, -0.25) is 0 Å². The number of carbonyl (C=O) groups is 1. The van der Waals surface area contributed by atoms with Crippen LogP contribution in [0.5, 0.6) is 11.5 Å². The molecule has 0 saturated carbocycles. The Morgan fingerprint density at radius 3 is 2.43 bits per heavy atom. The molecule has 5 heteroatoms. The van der Waals surface area contributed by atoms with Crippen LogP contribution in [-0.4, -0.2) is 5.97 Å². The second-order valence-electron chi connectivity index (χ2n) is 11.0. The topological polar surface area (TPSA) is 59.6 Å². The van der Waals surface area contributed by atoms with E-state index in [1.807, 2.05) is 72.8 Å². The third kappa shape index (κ3) is 4.12. The second kappa shape index (κ2) is 10.1. The maximum absolute atomic E-state index is 13.5. The van der Waals surface area contributed by atoms with Crippen LogP contribution in [0.2, 0.25) is 0 Å². The Balaban J connectivity index is 1.41. The summed E-state index contributed by atoms with van der Waals surface area (Å²) in [7, 11) is 0. The fourth-order valence-electron chi connectivity index (χ4n) is 6.28. The van der Waals surface area contributed by atoms with Crippen LogP contribution >= 0.6 is 0 Å². The molecule has 208 valence electrons. The number of hydrogen-bond donors (Lipinski definition) is 2. The number of carbonyl (C=O) groups excluding carboxylic acids is 1. The highest BCUT2D eigenvalue weighted by Gasteiger charge is 2.54. The van der Waals surface area contributed by atoms with Gasteiger partial charge in [0.2, 0.25) is 0 Å². The Hall–Kier alpha value is -5.03. The molecule has 0 saturated heterocycles. The summed E-state index contributed by atoms with van der Waals surface area (Å²) in [4.78, 5) is 13.5. The van der Waals surface area contributed by atoms with Gasteiger partial charge in [0.25, 0.3) is 0 Å². The van der Waals surface area contributed by atoms with E-state index in [4.69, 9.17) is 9.47 Å². The molecule has 1 spiro atoms. The molecular formula is C37H32N2O3. The molecule has 0 aromatic heterocycles. The van der Waals surface area contributed by atoms with Crippen LogP contribution in [0.25, 0.3) is 0 Å². The third-order valence-corrected chi connectivity index (χ3v) is 8.32. The van der Waals surface area contributed by atoms with Crippen molar-refractivity contribution < 1.29 is 14.3 Å². The van der Waals surface area contributed by atoms with Gasteiger partial charge >= 0.3 is 5.97 Å². The smallest absolute Gasteiger partial charge is 0.340 e. The first-order chi connectivity index (χ1) is 20.5. The monoisotopic (exact) mass is 552 g/mol. The van der Waals surface area contributed by atoms with E-state index in [1.54, 1.807) is 0 Å². The van der Waals surface area contributed by atoms with E-state index < -0.39 is 5.60 Å². The molecule has 2 atom stereocenters. The molecule has 2 unspecified atom stereocenters. The van der Waals surface area contributed by atoms with Gasteiger partial charge in [-0.15, -0.1) is 0 Å². The number of rotatable bonds is 6. The normalized spacial score (nSPS) is 17.0. The van der Waals surface area contributed by atoms with Gasteiger partial charge in [-0.25, -0.2) is 4.79 Å². The average molecular weight is 553 g/mol. The maximum Gasteiger partial charge on any atom is 0.340 e. The van der Waals surface area contributed by atoms with Crippen LogP contribution < -0.4 is 15.4 Å². The van der Waals surface area contributed by atoms with Crippen LogP contribution in [0.15, 0.2) is 109 Å². The van der Waals surface area contributed by atoms with Crippen molar-refractivity contribution in [3.63, 3.8) is 0 Å². The van der Waals surface area contributed by atoms with Gasteiger partial charge in [-0.05, 0) is 73.9 Å². The number of aryl methyl sites for hydroxylation is 2. The maximum atomic E-state index is 13.5. The molecule has 0 fully saturated rings. The lowest BCUT2D eigenvalue weighted by Gasteiger charge is -2.38. The summed E-state index contributed by atoms with van der Waals surface area (Å²) in [5.74, 6) is 0.965. The summed E-state index contributed by atoms with van der Waals surface area (Å²) in [6.45, 7) is 6.39. The zero-order valence-corrected chi connectivity index (χ0v) is 23.9. The van der Waals surface area contributed by atoms with Crippen molar-refractivity contribution in [2.75, 3.05) is 10.6 Å². The molecule has 42 heavy (non-hydrogen) atoms. The minimum absolute atomic E-state index is 0.0710. The summed E-state index contributed by atoms with van der Waals surface area (Å²) >= 11 is 0. The molecule has 2 N–H and O–H groups in total. The minimum atomic E-state index is -1.19. The zero-order chi connectivity index (χ0) is 28.8. The van der Waals surface area contributed by atoms with E-state index in [1.165, 1.54) is 16.7 Å². The van der Waals surface area contributed by atoms with Crippen LogP contribution in [0.1, 0.15) is 63.6 Å². The molecule has 0 amide bonds. The highest BCUT2D eigenvalue weighted by Crippen LogP contribution is 2.58. The molecule has 5 aromatic carbocycles. The first-order valence-electron chi connectivity index (χ1n) is 14.4. The molecule has 7 rings (SSSR count). The van der Waals surface area contributed by atoms with Crippen molar-refractivity contribution in [3.05, 3.63) is 148 Å². The number of ether oxygens (including phenoxy) is 2. The number of fused-ring (bicyclic) bond motifs is 6. The van der Waals surface area contributed by atoms with E-state index in [9.17, 15) is 4.79 Å². The molecule has 0 aliphatic carbocycles. The first kappa shape index (κ1) is 25.9. The van der Waals surface area contributed by atoms with E-state index >= 15 is 0 Å². The van der Waals surface area contributed by atoms with Gasteiger partial charge in [0, 0.05) is 28.5 Å². The largest absolute Gasteiger partial charge is 0.456 e. The quantitative estimate of drug-likeness (QED) is 0.206. The van der Waals surface area contributed by atoms with Gasteiger partial charge in [0.15, 0.2) is 5.60 Å². The summed E-state index contributed by atoms with van der Waals surface area (Å²) in [5, 5.41) is 7.32. The summed E-state index contributed by atoms with van der Waals surface area (Å²) < 4.78 is 13.1. The first-order valence-corrected chi connectivity index (χ1v) is 14.4. The van der Waals surface area contributed by atoms with Crippen LogP contribution in [0.4, 0.5) is 17.1 Å². The Morgan fingerprint density at radius 1 is 0.786 bits per heavy atom. The summed E-state index contributed by atoms with van der Waals surface area (Å²) in [6.07, 6.45) is 0.885. The standard InChI is InChI=1S/C37H32N2O3/c1-4-25-21-23(2)17-19-31(25)39-32-15-10-16-34-35(32)37(29-14-9-8-13-28(29)36(40)42-37)30-22-27(18-20-33(30)41-34)38-24(3)26-11-6-5-7-12-26/h5-22,24,38-39H,4H2,1-3H3. The number of anilines is 3. The van der Waals surface area contributed by atoms with Crippen molar-refractivity contribution in [2.45, 2.75) is 38.8 Å². The molecule has 2 aliphatic rings. The molecule has 0 radical (unpaired) electrons. The van der Waals surface area contributed by atoms with E-state index in [0.29, 0.717) is 17.1 Å². The molecule has 5 aromatic rings. The SMILES string of the molecule is CCc1cc(C)ccc1Nc1cccc2c1C1(OC(=O)c3ccccc31)c1cc(NC(C)c3ccccc3)ccc1O2. The predicted molar refractivity (Wildman–Crippen MR) is 167 cm³/mol. The van der Waals surface area contributed by atoms with Crippen molar-refractivity contribution in [2.24, 2.45) is 0 Å². The summed E-state index contributed by atoms with van der Waals surface area (Å²) in [6, 6.07) is 36.5. The number of benzene rings is 5. The van der Waals surface area contributed by atoms with Gasteiger partial charge in [0.1, 0.15) is 11.5 Å². The molecule has 5 nitrogen and oxygen atoms in total. The van der Waals surface area contributed by atoms with Crippen LogP contribution in [-0.2, 0) is 16.8 Å². The predicted octanol–water partition coefficient (Wildman–Crippen LogP) is 9.04. The Bertz CT molecular complexity index is 1830. The Morgan fingerprint density at radius 2 is 1.60 bits per heavy atom. The average Bonchev–Trinajstić information content (AvgIpc) is 3.31. The summed E-state index contributed by atoms with van der Waals surface area (Å²) in [5.41, 5.74) is 8.11. The van der Waals surface area contributed by atoms with Gasteiger partial charge in [0.05, 0.1) is 16.8 Å². The van der Waals surface area contributed by atoms with E-state index in [0.717, 1.165) is 40.2 Å². The molecule has 2 aliphatic heterocycles. The third-order valence-electron chi connectivity index (χ3n) is 8.32. The number of hydrogen-bond acceptors (Lipinski definition) is 5. The highest BCUT2D eigenvalue weighted by molar-refractivity contribution is 5.98. The number of nitrogens with one attached hydrogen (secondary N) is 2. The van der Waals surface area contributed by atoms with E-state index in [-0.39, 0.29) is 12.0 Å². The zero-order valence-electron chi connectivity index (χ0n) is 23.9. The molecule has 0 bridgehead atoms. The van der Waals surface area contributed by atoms with Crippen molar-refractivity contribution in [1.29, 1.82) is 0 Å².